The molecule has 0 bridgehead atoms. The summed E-state index contributed by atoms with van der Waals surface area (Å²) in [6, 6.07) is 8.75. The van der Waals surface area contributed by atoms with Gasteiger partial charge in [0.05, 0.1) is 11.7 Å². The highest BCUT2D eigenvalue weighted by Crippen LogP contribution is 2.44. The van der Waals surface area contributed by atoms with E-state index in [9.17, 15) is 14.4 Å². The van der Waals surface area contributed by atoms with Crippen LogP contribution in [-0.2, 0) is 13.9 Å². The molecule has 3 rings (SSSR count). The number of hydrogen-bond acceptors (Lipinski definition) is 6. The van der Waals surface area contributed by atoms with Crippen molar-refractivity contribution >= 4 is 22.4 Å². The number of rotatable bonds is 6. The number of H-pyrrole nitrogens is 1. The van der Waals surface area contributed by atoms with Crippen LogP contribution in [0.5, 0.6) is 0 Å². The Morgan fingerprint density at radius 1 is 1.16 bits per heavy atom. The first-order valence-electron chi connectivity index (χ1n) is 12.9. The van der Waals surface area contributed by atoms with Crippen LogP contribution in [-0.4, -0.2) is 50.2 Å². The minimum Gasteiger partial charge on any atom is -0.458 e. The fourth-order valence-corrected chi connectivity index (χ4v) is 5.72. The SMILES string of the molecule is Cc1cn([C@H]2C[C@H](O[Si](C)(C)C(C)(C)C)[C@@](C#C[Si](C)(C)C)(COC(=O)c3ccccc3)O2)c(=O)[nH]c1=O. The van der Waals surface area contributed by atoms with Gasteiger partial charge in [-0.1, -0.05) is 64.5 Å². The van der Waals surface area contributed by atoms with Crippen molar-refractivity contribution in [2.24, 2.45) is 0 Å². The van der Waals surface area contributed by atoms with Gasteiger partial charge in [0.15, 0.2) is 13.9 Å². The lowest BCUT2D eigenvalue weighted by molar-refractivity contribution is -0.0930. The number of benzene rings is 1. The Bertz CT molecular complexity index is 1340. The lowest BCUT2D eigenvalue weighted by Gasteiger charge is -2.41. The second kappa shape index (κ2) is 10.8. The van der Waals surface area contributed by atoms with Crippen molar-refractivity contribution in [3.63, 3.8) is 0 Å². The average molecular weight is 557 g/mol. The van der Waals surface area contributed by atoms with Gasteiger partial charge >= 0.3 is 11.7 Å². The Labute approximate surface area is 226 Å². The minimum atomic E-state index is -2.34. The van der Waals surface area contributed by atoms with Crippen molar-refractivity contribution in [2.45, 2.75) is 89.8 Å². The summed E-state index contributed by atoms with van der Waals surface area (Å²) in [6.07, 6.45) is 0.466. The van der Waals surface area contributed by atoms with Crippen LogP contribution in [0.1, 0.15) is 49.3 Å². The Balaban J connectivity index is 2.10. The van der Waals surface area contributed by atoms with E-state index >= 15 is 0 Å². The number of carbonyl (C=O) groups is 1. The summed E-state index contributed by atoms with van der Waals surface area (Å²) in [5, 5.41) is -0.102. The minimum absolute atomic E-state index is 0.102. The van der Waals surface area contributed by atoms with Crippen LogP contribution in [0.25, 0.3) is 0 Å². The average Bonchev–Trinajstić information content (AvgIpc) is 3.15. The van der Waals surface area contributed by atoms with Gasteiger partial charge in [-0.05, 0) is 37.2 Å². The molecule has 1 saturated heterocycles. The van der Waals surface area contributed by atoms with Gasteiger partial charge in [-0.2, -0.15) is 0 Å². The van der Waals surface area contributed by atoms with Crippen molar-refractivity contribution in [2.75, 3.05) is 6.61 Å². The van der Waals surface area contributed by atoms with Crippen molar-refractivity contribution in [3.05, 3.63) is 68.5 Å². The molecule has 1 N–H and O–H groups in total. The Morgan fingerprint density at radius 2 is 1.79 bits per heavy atom. The fraction of sp³-hybridized carbons (Fsp3) is 0.536. The van der Waals surface area contributed by atoms with Crippen LogP contribution < -0.4 is 11.2 Å². The number of nitrogens with zero attached hydrogens (tertiary/aromatic N) is 1. The number of hydrogen-bond donors (Lipinski definition) is 1. The molecule has 1 fully saturated rings. The third-order valence-corrected chi connectivity index (χ3v) is 12.4. The molecule has 1 aliphatic rings. The predicted octanol–water partition coefficient (Wildman–Crippen LogP) is 4.63. The van der Waals surface area contributed by atoms with Crippen LogP contribution >= 0.6 is 0 Å². The van der Waals surface area contributed by atoms with E-state index in [2.05, 4.69) is 70.0 Å². The van der Waals surface area contributed by atoms with Gasteiger partial charge in [0, 0.05) is 18.2 Å². The van der Waals surface area contributed by atoms with Gasteiger partial charge in [0.25, 0.3) is 5.56 Å². The van der Waals surface area contributed by atoms with Crippen LogP contribution in [0, 0.1) is 18.4 Å². The maximum atomic E-state index is 12.9. The standard InChI is InChI=1S/C28H40N2O6Si2/c1-20-18-30(26(33)29-24(20)31)23-17-22(36-38(8,9)27(2,3)4)28(35-23,15-16-37(5,6)7)19-34-25(32)21-13-11-10-12-14-21/h10-14,18,22-23H,17,19H2,1-9H3,(H,29,31,33)/t22-,23+,28+/m0/s1. The van der Waals surface area contributed by atoms with Gasteiger partial charge in [-0.3, -0.25) is 14.3 Å². The fourth-order valence-electron chi connectivity index (χ4n) is 3.78. The second-order valence-corrected chi connectivity index (χ2v) is 22.0. The van der Waals surface area contributed by atoms with E-state index in [0.29, 0.717) is 17.5 Å². The summed E-state index contributed by atoms with van der Waals surface area (Å²) in [6.45, 7) is 18.6. The van der Waals surface area contributed by atoms with E-state index in [1.165, 1.54) is 10.8 Å². The molecule has 0 amide bonds. The van der Waals surface area contributed by atoms with E-state index in [0.717, 1.165) is 0 Å². The quantitative estimate of drug-likeness (QED) is 0.316. The van der Waals surface area contributed by atoms with Gasteiger partial charge in [0.1, 0.15) is 20.9 Å². The zero-order valence-electron chi connectivity index (χ0n) is 23.9. The molecule has 0 spiro atoms. The lowest BCUT2D eigenvalue weighted by atomic mass is 9.99. The Morgan fingerprint density at radius 3 is 2.37 bits per heavy atom. The van der Waals surface area contributed by atoms with Crippen molar-refractivity contribution in [1.29, 1.82) is 0 Å². The van der Waals surface area contributed by atoms with Crippen LogP contribution in [0.15, 0.2) is 46.1 Å². The normalized spacial score (nSPS) is 22.0. The molecule has 0 radical (unpaired) electrons. The topological polar surface area (TPSA) is 99.6 Å². The van der Waals surface area contributed by atoms with E-state index in [4.69, 9.17) is 13.9 Å². The molecule has 10 heteroatoms. The zero-order chi connectivity index (χ0) is 28.5. The molecule has 206 valence electrons. The maximum absolute atomic E-state index is 12.9. The lowest BCUT2D eigenvalue weighted by Crippen LogP contribution is -2.52. The highest BCUT2D eigenvalue weighted by atomic mass is 28.4. The molecule has 2 heterocycles. The number of nitrogens with one attached hydrogen (secondary N) is 1. The first kappa shape index (κ1) is 29.8. The smallest absolute Gasteiger partial charge is 0.338 e. The molecule has 1 aliphatic heterocycles. The van der Waals surface area contributed by atoms with E-state index in [1.54, 1.807) is 31.2 Å². The third kappa shape index (κ3) is 6.83. The van der Waals surface area contributed by atoms with Crippen LogP contribution in [0.3, 0.4) is 0 Å². The summed E-state index contributed by atoms with van der Waals surface area (Å²) in [5.41, 5.74) is 1.88. The summed E-state index contributed by atoms with van der Waals surface area (Å²) in [5.74, 6) is 2.84. The molecule has 0 unspecified atom stereocenters. The predicted molar refractivity (Wildman–Crippen MR) is 153 cm³/mol. The van der Waals surface area contributed by atoms with Crippen molar-refractivity contribution in [1.82, 2.24) is 9.55 Å². The van der Waals surface area contributed by atoms with E-state index < -0.39 is 51.5 Å². The summed E-state index contributed by atoms with van der Waals surface area (Å²) < 4.78 is 20.6. The molecule has 0 saturated carbocycles. The maximum Gasteiger partial charge on any atom is 0.338 e. The first-order valence-corrected chi connectivity index (χ1v) is 19.3. The van der Waals surface area contributed by atoms with Gasteiger partial charge < -0.3 is 13.9 Å². The molecule has 1 aromatic carbocycles. The third-order valence-electron chi connectivity index (χ3n) is 7.06. The Hall–Kier alpha value is -2.72. The largest absolute Gasteiger partial charge is 0.458 e. The summed E-state index contributed by atoms with van der Waals surface area (Å²) >= 11 is 0. The van der Waals surface area contributed by atoms with Crippen LogP contribution in [0.4, 0.5) is 0 Å². The number of aryl methyl sites for hydroxylation is 1. The molecule has 38 heavy (non-hydrogen) atoms. The molecule has 1 aromatic heterocycles. The molecule has 3 atom stereocenters. The number of ether oxygens (including phenoxy) is 2. The molecule has 8 nitrogen and oxygen atoms in total. The van der Waals surface area contributed by atoms with E-state index in [1.807, 2.05) is 6.07 Å². The van der Waals surface area contributed by atoms with Crippen molar-refractivity contribution < 1.29 is 18.7 Å². The summed E-state index contributed by atoms with van der Waals surface area (Å²) in [7, 11) is -4.23. The van der Waals surface area contributed by atoms with Gasteiger partial charge in [-0.25, -0.2) is 9.59 Å². The Kier molecular flexibility index (Phi) is 8.48. The van der Waals surface area contributed by atoms with Crippen molar-refractivity contribution in [3.8, 4) is 11.5 Å². The van der Waals surface area contributed by atoms with E-state index in [-0.39, 0.29) is 11.6 Å². The first-order chi connectivity index (χ1) is 17.4. The molecular weight excluding hydrogens is 516 g/mol. The monoisotopic (exact) mass is 556 g/mol. The molecule has 0 aliphatic carbocycles. The molecular formula is C28H40N2O6Si2. The van der Waals surface area contributed by atoms with Gasteiger partial charge in [0.2, 0.25) is 0 Å². The molecule has 2 aromatic rings. The zero-order valence-corrected chi connectivity index (χ0v) is 25.9. The number of esters is 1. The number of carbonyl (C=O) groups excluding carboxylic acids is 1. The van der Waals surface area contributed by atoms with Crippen LogP contribution in [0.2, 0.25) is 37.8 Å². The summed E-state index contributed by atoms with van der Waals surface area (Å²) in [4.78, 5) is 40.1. The van der Waals surface area contributed by atoms with Gasteiger partial charge in [-0.15, -0.1) is 5.54 Å². The number of aromatic nitrogens is 2. The second-order valence-electron chi connectivity index (χ2n) is 12.5. The highest BCUT2D eigenvalue weighted by Gasteiger charge is 2.54. The number of aromatic amines is 1. The highest BCUT2D eigenvalue weighted by molar-refractivity contribution is 6.83.